The molecular weight excluding hydrogens is 432 g/mol. The first-order valence-corrected chi connectivity index (χ1v) is 11.8. The van der Waals surface area contributed by atoms with E-state index in [9.17, 15) is 19.5 Å². The molecule has 2 amide bonds. The molecule has 176 valence electrons. The zero-order valence-electron chi connectivity index (χ0n) is 18.9. The minimum atomic E-state index is -1.09. The molecule has 2 aliphatic carbocycles. The Labute approximate surface area is 198 Å². The van der Waals surface area contributed by atoms with Crippen LogP contribution in [0.2, 0.25) is 0 Å². The number of fused-ring (bicyclic) bond motifs is 6. The number of hydrogen-bond donors (Lipinski definition) is 2. The van der Waals surface area contributed by atoms with Crippen molar-refractivity contribution in [1.29, 1.82) is 0 Å². The van der Waals surface area contributed by atoms with Gasteiger partial charge in [0.15, 0.2) is 0 Å². The highest BCUT2D eigenvalue weighted by atomic mass is 16.5. The summed E-state index contributed by atoms with van der Waals surface area (Å²) in [6.07, 6.45) is 5.05. The van der Waals surface area contributed by atoms with Crippen molar-refractivity contribution in [3.05, 3.63) is 71.8 Å². The average Bonchev–Trinajstić information content (AvgIpc) is 3.19. The van der Waals surface area contributed by atoms with Crippen LogP contribution in [0.3, 0.4) is 0 Å². The number of piperidine rings is 2. The maximum absolute atomic E-state index is 12.7. The summed E-state index contributed by atoms with van der Waals surface area (Å²) in [5.74, 6) is -0.889. The van der Waals surface area contributed by atoms with Gasteiger partial charge in [-0.15, -0.1) is 0 Å². The smallest absolute Gasteiger partial charge is 0.407 e. The van der Waals surface area contributed by atoms with Gasteiger partial charge in [-0.3, -0.25) is 4.79 Å². The van der Waals surface area contributed by atoms with Gasteiger partial charge in [0, 0.05) is 25.1 Å². The van der Waals surface area contributed by atoms with E-state index in [1.807, 2.05) is 24.3 Å². The van der Waals surface area contributed by atoms with Gasteiger partial charge in [-0.2, -0.15) is 0 Å². The third-order valence-corrected chi connectivity index (χ3v) is 7.52. The van der Waals surface area contributed by atoms with Crippen LogP contribution in [-0.2, 0) is 14.3 Å². The predicted octanol–water partition coefficient (Wildman–Crippen LogP) is 3.94. The Hall–Kier alpha value is -3.61. The fourth-order valence-corrected chi connectivity index (χ4v) is 5.71. The van der Waals surface area contributed by atoms with Gasteiger partial charge >= 0.3 is 12.1 Å². The molecule has 0 aromatic heterocycles. The van der Waals surface area contributed by atoms with Crippen LogP contribution in [0.1, 0.15) is 42.7 Å². The van der Waals surface area contributed by atoms with Crippen LogP contribution in [0.15, 0.2) is 60.7 Å². The Morgan fingerprint density at radius 1 is 1.03 bits per heavy atom. The number of alkyl carbamates (subject to hydrolysis) is 1. The van der Waals surface area contributed by atoms with Crippen LogP contribution in [0.25, 0.3) is 11.1 Å². The van der Waals surface area contributed by atoms with Crippen LogP contribution < -0.4 is 5.32 Å². The van der Waals surface area contributed by atoms with Crippen molar-refractivity contribution in [2.75, 3.05) is 19.7 Å². The number of carboxylic acid groups (broad SMARTS) is 1. The van der Waals surface area contributed by atoms with Crippen LogP contribution in [-0.4, -0.2) is 53.2 Å². The van der Waals surface area contributed by atoms with Crippen molar-refractivity contribution >= 4 is 18.0 Å². The zero-order chi connectivity index (χ0) is 23.7. The van der Waals surface area contributed by atoms with Crippen molar-refractivity contribution in [3.8, 4) is 11.1 Å². The summed E-state index contributed by atoms with van der Waals surface area (Å²) in [5.41, 5.74) is 3.53. The number of benzene rings is 2. The van der Waals surface area contributed by atoms with E-state index in [-0.39, 0.29) is 25.0 Å². The highest BCUT2D eigenvalue weighted by Crippen LogP contribution is 2.45. The molecule has 2 aromatic carbocycles. The number of carbonyl (C=O) groups excluding carboxylic acids is 2. The van der Waals surface area contributed by atoms with E-state index in [2.05, 4.69) is 29.6 Å². The highest BCUT2D eigenvalue weighted by molar-refractivity contribution is 5.93. The topological polar surface area (TPSA) is 95.9 Å². The van der Waals surface area contributed by atoms with Crippen molar-refractivity contribution in [3.63, 3.8) is 0 Å². The van der Waals surface area contributed by atoms with E-state index in [0.29, 0.717) is 25.3 Å². The van der Waals surface area contributed by atoms with Crippen molar-refractivity contribution in [2.45, 2.75) is 37.1 Å². The van der Waals surface area contributed by atoms with Gasteiger partial charge in [0.05, 0.1) is 0 Å². The van der Waals surface area contributed by atoms with Crippen LogP contribution >= 0.6 is 0 Å². The average molecular weight is 461 g/mol. The fraction of sp³-hybridized carbons (Fsp3) is 0.370. The first-order valence-electron chi connectivity index (χ1n) is 11.8. The minimum absolute atomic E-state index is 0.0167. The molecule has 1 saturated carbocycles. The molecule has 6 rings (SSSR count). The fourth-order valence-electron chi connectivity index (χ4n) is 5.71. The number of hydrogen-bond acceptors (Lipinski definition) is 4. The lowest BCUT2D eigenvalue weighted by Gasteiger charge is -2.51. The summed E-state index contributed by atoms with van der Waals surface area (Å²) in [6.45, 7) is 0.827. The van der Waals surface area contributed by atoms with Crippen molar-refractivity contribution in [1.82, 2.24) is 10.2 Å². The number of carbonyl (C=O) groups is 3. The summed E-state index contributed by atoms with van der Waals surface area (Å²) in [5, 5.41) is 12.4. The third-order valence-electron chi connectivity index (χ3n) is 7.52. The number of aliphatic carboxylic acids is 1. The molecule has 0 radical (unpaired) electrons. The van der Waals surface area contributed by atoms with Crippen LogP contribution in [0.5, 0.6) is 0 Å². The summed E-state index contributed by atoms with van der Waals surface area (Å²) in [4.78, 5) is 38.4. The quantitative estimate of drug-likeness (QED) is 0.637. The molecule has 2 N–H and O–H groups in total. The lowest BCUT2D eigenvalue weighted by molar-refractivity contribution is -0.168. The Morgan fingerprint density at radius 3 is 2.26 bits per heavy atom. The van der Waals surface area contributed by atoms with Gasteiger partial charge in [0.25, 0.3) is 0 Å². The molecule has 0 unspecified atom stereocenters. The zero-order valence-corrected chi connectivity index (χ0v) is 18.9. The number of nitrogens with one attached hydrogen (secondary N) is 1. The summed E-state index contributed by atoms with van der Waals surface area (Å²) < 4.78 is 5.49. The lowest BCUT2D eigenvalue weighted by Crippen LogP contribution is -2.64. The Balaban J connectivity index is 1.14. The Kier molecular flexibility index (Phi) is 5.86. The molecule has 7 nitrogen and oxygen atoms in total. The van der Waals surface area contributed by atoms with E-state index < -0.39 is 17.6 Å². The number of amides is 2. The predicted molar refractivity (Wildman–Crippen MR) is 126 cm³/mol. The largest absolute Gasteiger partial charge is 0.479 e. The van der Waals surface area contributed by atoms with Gasteiger partial charge in [0.2, 0.25) is 5.91 Å². The first-order chi connectivity index (χ1) is 16.5. The standard InChI is InChI=1S/C27H28N2O5/c30-24(29-16-18-11-13-27(29,14-12-18)25(31)32)10-5-15-28-26(33)34-17-23-21-8-3-1-6-19(21)20-7-2-4-9-22(20)23/h1-10,18,23H,11-17H2,(H,28,33)(H,31,32)/b10-5+. The summed E-state index contributed by atoms with van der Waals surface area (Å²) in [7, 11) is 0. The van der Waals surface area contributed by atoms with E-state index in [1.54, 1.807) is 6.08 Å². The van der Waals surface area contributed by atoms with E-state index in [4.69, 9.17) is 4.74 Å². The molecule has 2 aromatic rings. The first kappa shape index (κ1) is 22.2. The maximum atomic E-state index is 12.7. The third kappa shape index (κ3) is 3.85. The van der Waals surface area contributed by atoms with Gasteiger partial charge < -0.3 is 20.1 Å². The van der Waals surface area contributed by atoms with E-state index >= 15 is 0 Å². The van der Waals surface area contributed by atoms with Crippen LogP contribution in [0.4, 0.5) is 4.79 Å². The van der Waals surface area contributed by atoms with Crippen molar-refractivity contribution in [2.24, 2.45) is 5.92 Å². The molecule has 0 spiro atoms. The molecule has 4 aliphatic rings. The monoisotopic (exact) mass is 460 g/mol. The molecular formula is C27H28N2O5. The SMILES string of the molecule is O=C(NC/C=C/C(=O)N1CC2CCC1(C(=O)O)CC2)OCC1c2ccccc2-c2ccccc21. The van der Waals surface area contributed by atoms with E-state index in [0.717, 1.165) is 24.0 Å². The number of carboxylic acids is 1. The number of rotatable bonds is 6. The second-order valence-electron chi connectivity index (χ2n) is 9.34. The van der Waals surface area contributed by atoms with Crippen LogP contribution in [0, 0.1) is 5.92 Å². The van der Waals surface area contributed by atoms with Gasteiger partial charge in [-0.05, 0) is 53.9 Å². The molecule has 34 heavy (non-hydrogen) atoms. The van der Waals surface area contributed by atoms with Gasteiger partial charge in [-0.25, -0.2) is 9.59 Å². The van der Waals surface area contributed by atoms with Crippen molar-refractivity contribution < 1.29 is 24.2 Å². The number of nitrogens with zero attached hydrogens (tertiary/aromatic N) is 1. The molecule has 2 aliphatic heterocycles. The van der Waals surface area contributed by atoms with Gasteiger partial charge in [0.1, 0.15) is 12.1 Å². The molecule has 0 atom stereocenters. The molecule has 7 heteroatoms. The number of ether oxygens (including phenoxy) is 1. The molecule has 2 bridgehead atoms. The summed E-state index contributed by atoms with van der Waals surface area (Å²) in [6, 6.07) is 16.3. The maximum Gasteiger partial charge on any atom is 0.407 e. The second-order valence-corrected chi connectivity index (χ2v) is 9.34. The lowest BCUT2D eigenvalue weighted by atomic mass is 9.70. The second kappa shape index (κ2) is 8.97. The minimum Gasteiger partial charge on any atom is -0.479 e. The highest BCUT2D eigenvalue weighted by Gasteiger charge is 2.53. The molecule has 3 fully saturated rings. The Morgan fingerprint density at radius 2 is 1.65 bits per heavy atom. The molecule has 2 saturated heterocycles. The Bertz CT molecular complexity index is 1100. The summed E-state index contributed by atoms with van der Waals surface area (Å²) >= 11 is 0. The molecule has 2 heterocycles. The van der Waals surface area contributed by atoms with Gasteiger partial charge in [-0.1, -0.05) is 54.6 Å². The van der Waals surface area contributed by atoms with E-state index in [1.165, 1.54) is 22.1 Å². The normalized spacial score (nSPS) is 22.9.